The Morgan fingerprint density at radius 1 is 1.55 bits per heavy atom. The second-order valence-electron chi connectivity index (χ2n) is 4.39. The Morgan fingerprint density at radius 2 is 2.30 bits per heavy atom. The van der Waals surface area contributed by atoms with Gasteiger partial charge in [-0.05, 0) is 31.5 Å². The van der Waals surface area contributed by atoms with Crippen molar-refractivity contribution in [3.05, 3.63) is 46.2 Å². The molecule has 0 saturated carbocycles. The van der Waals surface area contributed by atoms with E-state index < -0.39 is 0 Å². The van der Waals surface area contributed by atoms with Gasteiger partial charge in [-0.2, -0.15) is 5.10 Å². The van der Waals surface area contributed by atoms with Crippen LogP contribution in [0, 0.1) is 0 Å². The molecule has 0 aliphatic rings. The molecule has 2 aromatic rings. The van der Waals surface area contributed by atoms with Gasteiger partial charge in [0.15, 0.2) is 0 Å². The zero-order chi connectivity index (χ0) is 14.7. The lowest BCUT2D eigenvalue weighted by atomic mass is 10.1. The van der Waals surface area contributed by atoms with E-state index in [0.29, 0.717) is 12.2 Å². The van der Waals surface area contributed by atoms with Crippen LogP contribution < -0.4 is 5.73 Å². The van der Waals surface area contributed by atoms with Crippen LogP contribution in [-0.4, -0.2) is 22.4 Å². The maximum atomic E-state index is 11.6. The Hall–Kier alpha value is -1.66. The van der Waals surface area contributed by atoms with Gasteiger partial charge in [-0.25, -0.2) is 9.48 Å². The lowest BCUT2D eigenvalue weighted by Gasteiger charge is -2.10. The second-order valence-corrected chi connectivity index (χ2v) is 5.24. The molecule has 0 unspecified atom stereocenters. The smallest absolute Gasteiger partial charge is 0.341 e. The highest BCUT2D eigenvalue weighted by Crippen LogP contribution is 2.24. The minimum absolute atomic E-state index is 0.0499. The summed E-state index contributed by atoms with van der Waals surface area (Å²) < 4.78 is 7.48. The highest BCUT2D eigenvalue weighted by Gasteiger charge is 2.11. The summed E-state index contributed by atoms with van der Waals surface area (Å²) in [5.74, 6) is -0.370. The number of esters is 1. The summed E-state index contributed by atoms with van der Waals surface area (Å²) in [5, 5.41) is 4.17. The summed E-state index contributed by atoms with van der Waals surface area (Å²) in [4.78, 5) is 11.6. The van der Waals surface area contributed by atoms with Crippen molar-refractivity contribution in [2.75, 3.05) is 6.61 Å². The first-order valence-electron chi connectivity index (χ1n) is 6.30. The van der Waals surface area contributed by atoms with E-state index in [1.54, 1.807) is 17.8 Å². The van der Waals surface area contributed by atoms with Crippen LogP contribution in [0.1, 0.15) is 35.8 Å². The van der Waals surface area contributed by atoms with Crippen molar-refractivity contribution in [2.45, 2.75) is 19.9 Å². The molecule has 0 aliphatic carbocycles. The largest absolute Gasteiger partial charge is 0.462 e. The average molecular weight is 338 g/mol. The van der Waals surface area contributed by atoms with Gasteiger partial charge in [0.1, 0.15) is 0 Å². The first-order valence-corrected chi connectivity index (χ1v) is 7.09. The van der Waals surface area contributed by atoms with Crippen LogP contribution in [-0.2, 0) is 4.74 Å². The van der Waals surface area contributed by atoms with Crippen LogP contribution in [0.2, 0.25) is 0 Å². The number of carbonyl (C=O) groups excluding carboxylic acids is 1. The minimum atomic E-state index is -0.370. The third-order valence-electron chi connectivity index (χ3n) is 2.83. The molecule has 2 rings (SSSR count). The first kappa shape index (κ1) is 14.7. The van der Waals surface area contributed by atoms with Crippen LogP contribution in [0.5, 0.6) is 0 Å². The van der Waals surface area contributed by atoms with Gasteiger partial charge in [-0.3, -0.25) is 0 Å². The maximum Gasteiger partial charge on any atom is 0.341 e. The number of hydrogen-bond donors (Lipinski definition) is 1. The molecule has 5 nitrogen and oxygen atoms in total. The van der Waals surface area contributed by atoms with E-state index in [9.17, 15) is 4.79 Å². The third kappa shape index (κ3) is 3.08. The number of rotatable bonds is 4. The molecular formula is C14H16BrN3O2. The monoisotopic (exact) mass is 337 g/mol. The predicted molar refractivity (Wildman–Crippen MR) is 79.8 cm³/mol. The van der Waals surface area contributed by atoms with Gasteiger partial charge in [0, 0.05) is 16.7 Å². The molecule has 0 spiro atoms. The van der Waals surface area contributed by atoms with Crippen LogP contribution in [0.25, 0.3) is 5.69 Å². The number of aromatic nitrogens is 2. The molecule has 1 atom stereocenters. The molecule has 0 fully saturated rings. The number of hydrogen-bond acceptors (Lipinski definition) is 4. The molecule has 20 heavy (non-hydrogen) atoms. The fraction of sp³-hybridized carbons (Fsp3) is 0.286. The van der Waals surface area contributed by atoms with Gasteiger partial charge >= 0.3 is 5.97 Å². The Bertz CT molecular complexity index is 623. The molecule has 0 aliphatic heterocycles. The summed E-state index contributed by atoms with van der Waals surface area (Å²) in [7, 11) is 0. The zero-order valence-corrected chi connectivity index (χ0v) is 12.9. The van der Waals surface area contributed by atoms with Crippen LogP contribution in [0.4, 0.5) is 0 Å². The van der Waals surface area contributed by atoms with Crippen molar-refractivity contribution in [2.24, 2.45) is 5.73 Å². The quantitative estimate of drug-likeness (QED) is 0.871. The van der Waals surface area contributed by atoms with E-state index in [1.807, 2.05) is 25.1 Å². The van der Waals surface area contributed by atoms with Crippen molar-refractivity contribution in [1.29, 1.82) is 0 Å². The average Bonchev–Trinajstić information content (AvgIpc) is 2.88. The van der Waals surface area contributed by atoms with Gasteiger partial charge in [0.05, 0.1) is 24.1 Å². The highest BCUT2D eigenvalue weighted by molar-refractivity contribution is 9.10. The normalized spacial score (nSPS) is 12.2. The van der Waals surface area contributed by atoms with Gasteiger partial charge < -0.3 is 10.5 Å². The topological polar surface area (TPSA) is 70.1 Å². The molecule has 106 valence electrons. The van der Waals surface area contributed by atoms with E-state index in [-0.39, 0.29) is 12.0 Å². The standard InChI is InChI=1S/C14H16BrN3O2/c1-3-20-14(19)10-7-17-18(8-10)11-4-5-12(9(2)16)13(15)6-11/h4-9H,3,16H2,1-2H3/t9-/m0/s1. The number of nitrogens with two attached hydrogens (primary N) is 1. The maximum absolute atomic E-state index is 11.6. The van der Waals surface area contributed by atoms with Gasteiger partial charge in [0.25, 0.3) is 0 Å². The summed E-state index contributed by atoms with van der Waals surface area (Å²) in [6.45, 7) is 4.04. The highest BCUT2D eigenvalue weighted by atomic mass is 79.9. The van der Waals surface area contributed by atoms with Crippen molar-refractivity contribution in [3.63, 3.8) is 0 Å². The molecule has 1 aromatic carbocycles. The van der Waals surface area contributed by atoms with Crippen molar-refractivity contribution >= 4 is 21.9 Å². The van der Waals surface area contributed by atoms with Crippen LogP contribution in [0.3, 0.4) is 0 Å². The Morgan fingerprint density at radius 3 is 2.90 bits per heavy atom. The Kier molecular flexibility index (Phi) is 4.57. The first-order chi connectivity index (χ1) is 9.52. The van der Waals surface area contributed by atoms with E-state index in [1.165, 1.54) is 6.20 Å². The second kappa shape index (κ2) is 6.19. The van der Waals surface area contributed by atoms with E-state index in [0.717, 1.165) is 15.7 Å². The lowest BCUT2D eigenvalue weighted by molar-refractivity contribution is 0.0526. The van der Waals surface area contributed by atoms with Gasteiger partial charge in [-0.1, -0.05) is 22.0 Å². The fourth-order valence-electron chi connectivity index (χ4n) is 1.81. The zero-order valence-electron chi connectivity index (χ0n) is 11.3. The summed E-state index contributed by atoms with van der Waals surface area (Å²) in [6, 6.07) is 5.72. The lowest BCUT2D eigenvalue weighted by Crippen LogP contribution is -2.06. The Balaban J connectivity index is 2.28. The molecule has 2 N–H and O–H groups in total. The molecule has 6 heteroatoms. The van der Waals surface area contributed by atoms with Gasteiger partial charge in [-0.15, -0.1) is 0 Å². The van der Waals surface area contributed by atoms with E-state index in [4.69, 9.17) is 10.5 Å². The molecule has 1 heterocycles. The SMILES string of the molecule is CCOC(=O)c1cnn(-c2ccc([C@H](C)N)c(Br)c2)c1. The van der Waals surface area contributed by atoms with Gasteiger partial charge in [0.2, 0.25) is 0 Å². The molecule has 0 saturated heterocycles. The molecular weight excluding hydrogens is 322 g/mol. The number of ether oxygens (including phenoxy) is 1. The predicted octanol–water partition coefficient (Wildman–Crippen LogP) is 2.83. The summed E-state index contributed by atoms with van der Waals surface area (Å²) >= 11 is 3.49. The summed E-state index contributed by atoms with van der Waals surface area (Å²) in [5.41, 5.74) is 8.16. The Labute approximate surface area is 125 Å². The number of carbonyl (C=O) groups is 1. The number of benzene rings is 1. The number of nitrogens with zero attached hydrogens (tertiary/aromatic N) is 2. The van der Waals surface area contributed by atoms with Crippen LogP contribution in [0.15, 0.2) is 35.1 Å². The molecule has 1 aromatic heterocycles. The molecule has 0 radical (unpaired) electrons. The van der Waals surface area contributed by atoms with Crippen molar-refractivity contribution in [3.8, 4) is 5.69 Å². The van der Waals surface area contributed by atoms with Crippen molar-refractivity contribution in [1.82, 2.24) is 9.78 Å². The minimum Gasteiger partial charge on any atom is -0.462 e. The van der Waals surface area contributed by atoms with E-state index >= 15 is 0 Å². The van der Waals surface area contributed by atoms with Crippen molar-refractivity contribution < 1.29 is 9.53 Å². The summed E-state index contributed by atoms with van der Waals surface area (Å²) in [6.07, 6.45) is 3.14. The van der Waals surface area contributed by atoms with Crippen LogP contribution >= 0.6 is 15.9 Å². The molecule has 0 amide bonds. The third-order valence-corrected chi connectivity index (χ3v) is 3.52. The molecule has 0 bridgehead atoms. The van der Waals surface area contributed by atoms with E-state index in [2.05, 4.69) is 21.0 Å². The number of halogens is 1. The fourth-order valence-corrected chi connectivity index (χ4v) is 2.54.